The van der Waals surface area contributed by atoms with Crippen LogP contribution in [0.25, 0.3) is 0 Å². The largest absolute Gasteiger partial charge is 0.368 e. The van der Waals surface area contributed by atoms with Crippen molar-refractivity contribution in [3.63, 3.8) is 0 Å². The number of urea groups is 1. The number of carbonyl (C=O) groups is 1. The highest BCUT2D eigenvalue weighted by Crippen LogP contribution is 2.29. The fourth-order valence-corrected chi connectivity index (χ4v) is 3.06. The first-order valence-electron chi connectivity index (χ1n) is 7.83. The molecule has 0 saturated carbocycles. The molecule has 1 heterocycles. The summed E-state index contributed by atoms with van der Waals surface area (Å²) in [6.45, 7) is 2.65. The van der Waals surface area contributed by atoms with Crippen molar-refractivity contribution in [2.45, 2.75) is 0 Å². The summed E-state index contributed by atoms with van der Waals surface area (Å²) in [6, 6.07) is 14.5. The van der Waals surface area contributed by atoms with Crippen molar-refractivity contribution in [3.05, 3.63) is 58.1 Å². The normalized spacial score (nSPS) is 14.1. The van der Waals surface area contributed by atoms with Crippen molar-refractivity contribution in [2.75, 3.05) is 36.4 Å². The molecule has 0 spiro atoms. The lowest BCUT2D eigenvalue weighted by Gasteiger charge is -2.36. The number of nitrogens with one attached hydrogen (secondary N) is 1. The topological polar surface area (TPSA) is 59.4 Å². The van der Waals surface area contributed by atoms with E-state index in [1.807, 2.05) is 12.1 Å². The molecule has 25 heavy (non-hydrogen) atoms. The number of amides is 2. The molecule has 2 amide bonds. The van der Waals surface area contributed by atoms with Gasteiger partial charge in [-0.2, -0.15) is 5.26 Å². The van der Waals surface area contributed by atoms with Crippen LogP contribution in [0, 0.1) is 11.3 Å². The summed E-state index contributed by atoms with van der Waals surface area (Å²) in [5, 5.41) is 12.4. The van der Waals surface area contributed by atoms with Gasteiger partial charge >= 0.3 is 6.03 Å². The molecule has 7 heteroatoms. The summed E-state index contributed by atoms with van der Waals surface area (Å²) in [5.74, 6) is 0. The Morgan fingerprint density at radius 2 is 1.72 bits per heavy atom. The molecule has 1 fully saturated rings. The van der Waals surface area contributed by atoms with Gasteiger partial charge in [0.15, 0.2) is 0 Å². The third-order valence-corrected chi connectivity index (χ3v) is 4.94. The van der Waals surface area contributed by atoms with Crippen molar-refractivity contribution in [2.24, 2.45) is 0 Å². The van der Waals surface area contributed by atoms with Crippen LogP contribution < -0.4 is 10.2 Å². The Hall–Kier alpha value is -2.42. The number of rotatable bonds is 2. The number of hydrogen-bond donors (Lipinski definition) is 1. The molecule has 1 aliphatic rings. The highest BCUT2D eigenvalue weighted by Gasteiger charge is 2.22. The first kappa shape index (κ1) is 17.4. The van der Waals surface area contributed by atoms with E-state index in [2.05, 4.69) is 16.3 Å². The maximum absolute atomic E-state index is 12.4. The van der Waals surface area contributed by atoms with E-state index in [0.717, 1.165) is 18.8 Å². The van der Waals surface area contributed by atoms with Gasteiger partial charge in [0.2, 0.25) is 0 Å². The minimum Gasteiger partial charge on any atom is -0.368 e. The van der Waals surface area contributed by atoms with Crippen LogP contribution >= 0.6 is 23.2 Å². The Morgan fingerprint density at radius 3 is 2.36 bits per heavy atom. The average molecular weight is 375 g/mol. The number of nitrogens with zero attached hydrogens (tertiary/aromatic N) is 3. The van der Waals surface area contributed by atoms with Crippen molar-refractivity contribution < 1.29 is 4.79 Å². The molecule has 1 aliphatic heterocycles. The highest BCUT2D eigenvalue weighted by molar-refractivity contribution is 6.43. The number of hydrogen-bond acceptors (Lipinski definition) is 3. The van der Waals surface area contributed by atoms with E-state index in [1.165, 1.54) is 0 Å². The van der Waals surface area contributed by atoms with E-state index >= 15 is 0 Å². The minimum absolute atomic E-state index is 0.191. The van der Waals surface area contributed by atoms with Crippen molar-refractivity contribution in [1.82, 2.24) is 4.90 Å². The predicted octanol–water partition coefficient (Wildman–Crippen LogP) is 4.22. The molecular formula is C18H16Cl2N4O. The quantitative estimate of drug-likeness (QED) is 0.855. The summed E-state index contributed by atoms with van der Waals surface area (Å²) in [6.07, 6.45) is 0. The Balaban J connectivity index is 1.59. The lowest BCUT2D eigenvalue weighted by Crippen LogP contribution is -2.50. The van der Waals surface area contributed by atoms with Crippen molar-refractivity contribution in [3.8, 4) is 6.07 Å². The fraction of sp³-hybridized carbons (Fsp3) is 0.222. The lowest BCUT2D eigenvalue weighted by molar-refractivity contribution is 0.208. The van der Waals surface area contributed by atoms with Crippen LogP contribution in [0.2, 0.25) is 10.0 Å². The fourth-order valence-electron chi connectivity index (χ4n) is 2.71. The summed E-state index contributed by atoms with van der Waals surface area (Å²) in [4.78, 5) is 16.4. The molecule has 128 valence electrons. The number of carbonyl (C=O) groups excluding carboxylic acids is 1. The molecule has 0 radical (unpaired) electrons. The zero-order valence-corrected chi connectivity index (χ0v) is 14.9. The molecule has 0 bridgehead atoms. The van der Waals surface area contributed by atoms with Crippen LogP contribution in [0.4, 0.5) is 16.2 Å². The molecule has 5 nitrogen and oxygen atoms in total. The Labute approximate surface area is 156 Å². The average Bonchev–Trinajstić information content (AvgIpc) is 2.65. The molecule has 1 saturated heterocycles. The van der Waals surface area contributed by atoms with Crippen molar-refractivity contribution in [1.29, 1.82) is 5.26 Å². The van der Waals surface area contributed by atoms with Gasteiger partial charge in [-0.3, -0.25) is 0 Å². The lowest BCUT2D eigenvalue weighted by atomic mass is 10.2. The second-order valence-electron chi connectivity index (χ2n) is 5.66. The van der Waals surface area contributed by atoms with Crippen LogP contribution in [0.1, 0.15) is 5.56 Å². The van der Waals surface area contributed by atoms with Crippen LogP contribution in [0.15, 0.2) is 42.5 Å². The molecule has 2 aromatic rings. The van der Waals surface area contributed by atoms with Gasteiger partial charge in [-0.15, -0.1) is 0 Å². The number of nitriles is 1. The smallest absolute Gasteiger partial charge is 0.322 e. The second-order valence-corrected chi connectivity index (χ2v) is 6.45. The van der Waals surface area contributed by atoms with E-state index in [0.29, 0.717) is 34.4 Å². The summed E-state index contributed by atoms with van der Waals surface area (Å²) in [7, 11) is 0. The minimum atomic E-state index is -0.191. The van der Waals surface area contributed by atoms with Crippen LogP contribution in [-0.4, -0.2) is 37.1 Å². The summed E-state index contributed by atoms with van der Waals surface area (Å²) in [5.41, 5.74) is 2.20. The Bertz CT molecular complexity index is 809. The van der Waals surface area contributed by atoms with Gasteiger partial charge in [0, 0.05) is 31.9 Å². The maximum Gasteiger partial charge on any atom is 0.322 e. The SMILES string of the molecule is N#Cc1ccc(N2CCN(C(=O)Nc3cccc(Cl)c3Cl)CC2)cc1. The maximum atomic E-state index is 12.4. The van der Waals surface area contributed by atoms with E-state index in [-0.39, 0.29) is 6.03 Å². The third-order valence-electron chi connectivity index (χ3n) is 4.12. The summed E-state index contributed by atoms with van der Waals surface area (Å²) < 4.78 is 0. The Kier molecular flexibility index (Phi) is 5.32. The van der Waals surface area contributed by atoms with E-state index in [1.54, 1.807) is 35.2 Å². The summed E-state index contributed by atoms with van der Waals surface area (Å²) >= 11 is 12.1. The molecule has 0 atom stereocenters. The van der Waals surface area contributed by atoms with Crippen LogP contribution in [-0.2, 0) is 0 Å². The van der Waals surface area contributed by atoms with E-state index in [9.17, 15) is 4.79 Å². The van der Waals surface area contributed by atoms with Gasteiger partial charge in [0.05, 0.1) is 27.4 Å². The van der Waals surface area contributed by atoms with E-state index in [4.69, 9.17) is 28.5 Å². The number of anilines is 2. The van der Waals surface area contributed by atoms with Gasteiger partial charge in [-0.25, -0.2) is 4.79 Å². The van der Waals surface area contributed by atoms with Gasteiger partial charge in [0.25, 0.3) is 0 Å². The zero-order chi connectivity index (χ0) is 17.8. The molecule has 1 N–H and O–H groups in total. The number of benzene rings is 2. The van der Waals surface area contributed by atoms with Gasteiger partial charge in [0.1, 0.15) is 0 Å². The number of piperazine rings is 1. The monoisotopic (exact) mass is 374 g/mol. The zero-order valence-electron chi connectivity index (χ0n) is 13.4. The molecule has 0 aliphatic carbocycles. The van der Waals surface area contributed by atoms with Gasteiger partial charge in [-0.1, -0.05) is 29.3 Å². The first-order valence-corrected chi connectivity index (χ1v) is 8.59. The third kappa shape index (κ3) is 3.98. The first-order chi connectivity index (χ1) is 12.1. The van der Waals surface area contributed by atoms with Gasteiger partial charge < -0.3 is 15.1 Å². The van der Waals surface area contributed by atoms with Crippen molar-refractivity contribution >= 4 is 40.6 Å². The van der Waals surface area contributed by atoms with Crippen LogP contribution in [0.3, 0.4) is 0 Å². The highest BCUT2D eigenvalue weighted by atomic mass is 35.5. The molecule has 0 unspecified atom stereocenters. The molecule has 0 aromatic heterocycles. The second kappa shape index (κ2) is 7.64. The predicted molar refractivity (Wildman–Crippen MR) is 100 cm³/mol. The molecule has 3 rings (SSSR count). The standard InChI is InChI=1S/C18H16Cl2N4O/c19-15-2-1-3-16(17(15)20)22-18(25)24-10-8-23(9-11-24)14-6-4-13(12-21)5-7-14/h1-7H,8-11H2,(H,22,25). The molecular weight excluding hydrogens is 359 g/mol. The molecule has 2 aromatic carbocycles. The van der Waals surface area contributed by atoms with E-state index < -0.39 is 0 Å². The van der Waals surface area contributed by atoms with Gasteiger partial charge in [-0.05, 0) is 36.4 Å². The number of halogens is 2. The van der Waals surface area contributed by atoms with Crippen LogP contribution in [0.5, 0.6) is 0 Å². The Morgan fingerprint density at radius 1 is 1.04 bits per heavy atom.